The third-order valence-corrected chi connectivity index (χ3v) is 3.48. The van der Waals surface area contributed by atoms with Crippen LogP contribution in [-0.4, -0.2) is 0 Å². The van der Waals surface area contributed by atoms with Crippen molar-refractivity contribution in [1.29, 1.82) is 0 Å². The van der Waals surface area contributed by atoms with Gasteiger partial charge in [0.15, 0.2) is 0 Å². The lowest BCUT2D eigenvalue weighted by atomic mass is 9.99. The van der Waals surface area contributed by atoms with Crippen molar-refractivity contribution in [2.24, 2.45) is 0 Å². The minimum Gasteiger partial charge on any atom is -0.0620 e. The molecule has 1 aliphatic rings. The summed E-state index contributed by atoms with van der Waals surface area (Å²) in [7, 11) is 0. The molecular weight excluding hydrogens is 192 g/mol. The molecule has 0 nitrogen and oxygen atoms in total. The fraction of sp³-hybridized carbons (Fsp3) is 0.250. The number of fused-ring (bicyclic) bond motifs is 3. The molecule has 0 N–H and O–H groups in total. The summed E-state index contributed by atoms with van der Waals surface area (Å²) in [5, 5.41) is 0. The number of benzene rings is 2. The Kier molecular flexibility index (Phi) is 2.49. The highest BCUT2D eigenvalue weighted by Crippen LogP contribution is 2.18. The SMILES string of the molecule is c1cc2cc(c1)CCc1ccccc1CC2. The molecule has 0 amide bonds. The molecule has 2 bridgehead atoms. The quantitative estimate of drug-likeness (QED) is 0.621. The van der Waals surface area contributed by atoms with E-state index in [4.69, 9.17) is 0 Å². The summed E-state index contributed by atoms with van der Waals surface area (Å²) in [6.07, 6.45) is 4.70. The van der Waals surface area contributed by atoms with E-state index < -0.39 is 0 Å². The van der Waals surface area contributed by atoms with Crippen LogP contribution in [0.25, 0.3) is 0 Å². The molecule has 0 saturated carbocycles. The molecule has 2 aromatic rings. The van der Waals surface area contributed by atoms with Crippen LogP contribution in [-0.2, 0) is 25.7 Å². The summed E-state index contributed by atoms with van der Waals surface area (Å²) in [4.78, 5) is 0. The second-order valence-electron chi connectivity index (χ2n) is 4.59. The predicted molar refractivity (Wildman–Crippen MR) is 67.7 cm³/mol. The van der Waals surface area contributed by atoms with E-state index >= 15 is 0 Å². The summed E-state index contributed by atoms with van der Waals surface area (Å²) in [5.74, 6) is 0. The Hall–Kier alpha value is -1.56. The molecule has 0 radical (unpaired) electrons. The Morgan fingerprint density at radius 2 is 1.12 bits per heavy atom. The van der Waals surface area contributed by atoms with Gasteiger partial charge in [0, 0.05) is 0 Å². The molecule has 0 aliphatic heterocycles. The average molecular weight is 208 g/mol. The molecule has 80 valence electrons. The first-order chi connectivity index (χ1) is 7.92. The lowest BCUT2D eigenvalue weighted by molar-refractivity contribution is 0.919. The fourth-order valence-corrected chi connectivity index (χ4v) is 2.54. The predicted octanol–water partition coefficient (Wildman–Crippen LogP) is 3.57. The van der Waals surface area contributed by atoms with Gasteiger partial charge in [0.1, 0.15) is 0 Å². The van der Waals surface area contributed by atoms with Crippen molar-refractivity contribution in [3.05, 3.63) is 70.8 Å². The molecular formula is C16H16. The lowest BCUT2D eigenvalue weighted by Crippen LogP contribution is -1.96. The maximum Gasteiger partial charge on any atom is -0.0236 e. The number of hydrogen-bond donors (Lipinski definition) is 0. The number of rotatable bonds is 0. The van der Waals surface area contributed by atoms with Crippen molar-refractivity contribution in [3.8, 4) is 0 Å². The van der Waals surface area contributed by atoms with E-state index in [0.29, 0.717) is 0 Å². The Balaban J connectivity index is 2.00. The minimum absolute atomic E-state index is 1.17. The van der Waals surface area contributed by atoms with Gasteiger partial charge < -0.3 is 0 Å². The van der Waals surface area contributed by atoms with E-state index in [-0.39, 0.29) is 0 Å². The second kappa shape index (κ2) is 4.13. The highest BCUT2D eigenvalue weighted by Gasteiger charge is 2.06. The first-order valence-corrected chi connectivity index (χ1v) is 6.06. The van der Waals surface area contributed by atoms with E-state index in [1.165, 1.54) is 47.9 Å². The first kappa shape index (κ1) is 9.65. The molecule has 0 aromatic heterocycles. The van der Waals surface area contributed by atoms with Gasteiger partial charge in [-0.15, -0.1) is 0 Å². The van der Waals surface area contributed by atoms with E-state index in [0.717, 1.165) is 0 Å². The molecule has 2 aromatic carbocycles. The third-order valence-electron chi connectivity index (χ3n) is 3.48. The Morgan fingerprint density at radius 3 is 1.69 bits per heavy atom. The summed E-state index contributed by atoms with van der Waals surface area (Å²) >= 11 is 0. The number of aryl methyl sites for hydroxylation is 4. The van der Waals surface area contributed by atoms with Gasteiger partial charge in [-0.1, -0.05) is 48.5 Å². The zero-order chi connectivity index (χ0) is 10.8. The highest BCUT2D eigenvalue weighted by atomic mass is 14.1. The maximum absolute atomic E-state index is 2.37. The van der Waals surface area contributed by atoms with E-state index in [9.17, 15) is 0 Å². The van der Waals surface area contributed by atoms with Gasteiger partial charge in [0.2, 0.25) is 0 Å². The van der Waals surface area contributed by atoms with Crippen molar-refractivity contribution in [3.63, 3.8) is 0 Å². The van der Waals surface area contributed by atoms with E-state index in [1.54, 1.807) is 0 Å². The van der Waals surface area contributed by atoms with Gasteiger partial charge in [-0.2, -0.15) is 0 Å². The highest BCUT2D eigenvalue weighted by molar-refractivity contribution is 5.32. The van der Waals surface area contributed by atoms with Crippen LogP contribution in [0.4, 0.5) is 0 Å². The van der Waals surface area contributed by atoms with Gasteiger partial charge in [0.05, 0.1) is 0 Å². The molecule has 0 unspecified atom stereocenters. The largest absolute Gasteiger partial charge is 0.0620 e. The van der Waals surface area contributed by atoms with Crippen LogP contribution in [0.3, 0.4) is 0 Å². The van der Waals surface area contributed by atoms with Gasteiger partial charge in [-0.05, 0) is 47.9 Å². The van der Waals surface area contributed by atoms with E-state index in [1.807, 2.05) is 0 Å². The van der Waals surface area contributed by atoms with Crippen LogP contribution in [0.15, 0.2) is 48.5 Å². The maximum atomic E-state index is 2.37. The molecule has 0 saturated heterocycles. The smallest absolute Gasteiger partial charge is 0.0236 e. The first-order valence-electron chi connectivity index (χ1n) is 6.06. The molecule has 0 heterocycles. The third kappa shape index (κ3) is 1.88. The lowest BCUT2D eigenvalue weighted by Gasteiger charge is -2.06. The molecule has 16 heavy (non-hydrogen) atoms. The summed E-state index contributed by atoms with van der Waals surface area (Å²) < 4.78 is 0. The Labute approximate surface area is 96.9 Å². The molecule has 0 spiro atoms. The normalized spacial score (nSPS) is 14.5. The average Bonchev–Trinajstić information content (AvgIpc) is 2.40. The van der Waals surface area contributed by atoms with Crippen LogP contribution < -0.4 is 0 Å². The fourth-order valence-electron chi connectivity index (χ4n) is 2.54. The summed E-state index contributed by atoms with van der Waals surface area (Å²) in [6.45, 7) is 0. The van der Waals surface area contributed by atoms with Crippen LogP contribution in [0.1, 0.15) is 22.3 Å². The van der Waals surface area contributed by atoms with Crippen LogP contribution in [0.2, 0.25) is 0 Å². The van der Waals surface area contributed by atoms with Gasteiger partial charge in [-0.3, -0.25) is 0 Å². The van der Waals surface area contributed by atoms with Crippen LogP contribution >= 0.6 is 0 Å². The van der Waals surface area contributed by atoms with Crippen molar-refractivity contribution >= 4 is 0 Å². The molecule has 0 atom stereocenters. The summed E-state index contributed by atoms with van der Waals surface area (Å²) in [6, 6.07) is 17.9. The molecule has 0 heteroatoms. The monoisotopic (exact) mass is 208 g/mol. The van der Waals surface area contributed by atoms with Gasteiger partial charge in [-0.25, -0.2) is 0 Å². The van der Waals surface area contributed by atoms with Crippen molar-refractivity contribution < 1.29 is 0 Å². The second-order valence-corrected chi connectivity index (χ2v) is 4.59. The minimum atomic E-state index is 1.17. The Morgan fingerprint density at radius 1 is 0.562 bits per heavy atom. The Bertz CT molecular complexity index is 455. The summed E-state index contributed by atoms with van der Waals surface area (Å²) in [5.41, 5.74) is 6.03. The van der Waals surface area contributed by atoms with E-state index in [2.05, 4.69) is 48.5 Å². The van der Waals surface area contributed by atoms with Crippen molar-refractivity contribution in [2.75, 3.05) is 0 Å². The topological polar surface area (TPSA) is 0 Å². The zero-order valence-corrected chi connectivity index (χ0v) is 9.45. The van der Waals surface area contributed by atoms with Crippen molar-refractivity contribution in [2.45, 2.75) is 25.7 Å². The van der Waals surface area contributed by atoms with Crippen LogP contribution in [0.5, 0.6) is 0 Å². The van der Waals surface area contributed by atoms with Gasteiger partial charge >= 0.3 is 0 Å². The standard InChI is InChI=1S/C16H16/c1-2-7-16-11-9-14-5-3-4-13(12-14)8-10-15(16)6-1/h1-7,12H,8-11H2. The molecule has 0 fully saturated rings. The molecule has 3 rings (SSSR count). The molecule has 1 aliphatic carbocycles. The van der Waals surface area contributed by atoms with Crippen LogP contribution in [0, 0.1) is 0 Å². The number of hydrogen-bond acceptors (Lipinski definition) is 0. The van der Waals surface area contributed by atoms with Gasteiger partial charge in [0.25, 0.3) is 0 Å². The van der Waals surface area contributed by atoms with Crippen molar-refractivity contribution in [1.82, 2.24) is 0 Å². The zero-order valence-electron chi connectivity index (χ0n) is 9.45.